The monoisotopic (exact) mass is 436 g/mol. The lowest BCUT2D eigenvalue weighted by molar-refractivity contribution is 0.0381. The van der Waals surface area contributed by atoms with E-state index in [1.807, 2.05) is 6.26 Å². The molecule has 0 spiro atoms. The van der Waals surface area contributed by atoms with Gasteiger partial charge in [-0.25, -0.2) is 0 Å². The molecule has 3 atom stereocenters. The highest BCUT2D eigenvalue weighted by molar-refractivity contribution is 7.98. The molecule has 4 nitrogen and oxygen atoms in total. The highest BCUT2D eigenvalue weighted by Gasteiger charge is 2.32. The summed E-state index contributed by atoms with van der Waals surface area (Å²) < 4.78 is 5.96. The standard InChI is InChI=1S/C20H25ClN2O2S.C3H8/c1-10-6-9-16(25-10)13(4)22-17-11(2)12(3)18(17)23-15-8-7-14(21)20(26-5)19(15)24;1-3-2/h7-8,10,13,16,22-24H,2-3,6,9H2,1,4-5H3;3H2,1-2H3/t10?,13-,16?;/m1./s1. The van der Waals surface area contributed by atoms with Gasteiger partial charge in [0.1, 0.15) is 0 Å². The van der Waals surface area contributed by atoms with Crippen LogP contribution in [-0.2, 0) is 4.74 Å². The lowest BCUT2D eigenvalue weighted by Crippen LogP contribution is -2.41. The Hall–Kier alpha value is -1.56. The number of benzene rings is 1. The molecule has 1 aromatic rings. The van der Waals surface area contributed by atoms with Gasteiger partial charge in [-0.3, -0.25) is 0 Å². The molecule has 0 bridgehead atoms. The highest BCUT2D eigenvalue weighted by Crippen LogP contribution is 2.43. The molecule has 1 saturated heterocycles. The fraction of sp³-hybridized carbons (Fsp3) is 0.478. The van der Waals surface area contributed by atoms with E-state index in [2.05, 4.69) is 51.5 Å². The quantitative estimate of drug-likeness (QED) is 0.352. The molecule has 1 aliphatic carbocycles. The number of phenols is 1. The van der Waals surface area contributed by atoms with Crippen LogP contribution in [0.3, 0.4) is 0 Å². The van der Waals surface area contributed by atoms with Crippen molar-refractivity contribution in [1.82, 2.24) is 5.32 Å². The number of allylic oxidation sites excluding steroid dienone is 2. The number of ether oxygens (including phenoxy) is 1. The second-order valence-electron chi connectivity index (χ2n) is 7.51. The van der Waals surface area contributed by atoms with Crippen molar-refractivity contribution in [3.05, 3.63) is 52.9 Å². The predicted octanol–water partition coefficient (Wildman–Crippen LogP) is 6.48. The average molecular weight is 437 g/mol. The van der Waals surface area contributed by atoms with Crippen molar-refractivity contribution in [2.45, 2.75) is 70.1 Å². The molecule has 0 radical (unpaired) electrons. The van der Waals surface area contributed by atoms with E-state index in [4.69, 9.17) is 16.3 Å². The first kappa shape index (κ1) is 23.7. The van der Waals surface area contributed by atoms with Crippen molar-refractivity contribution >= 4 is 29.1 Å². The summed E-state index contributed by atoms with van der Waals surface area (Å²) >= 11 is 7.55. The fourth-order valence-electron chi connectivity index (χ4n) is 3.34. The molecule has 3 N–H and O–H groups in total. The first-order chi connectivity index (χ1) is 13.7. The minimum atomic E-state index is 0.142. The van der Waals surface area contributed by atoms with Crippen LogP contribution in [0.1, 0.15) is 47.0 Å². The van der Waals surface area contributed by atoms with Gasteiger partial charge in [-0.05, 0) is 45.1 Å². The van der Waals surface area contributed by atoms with Crippen LogP contribution in [0.2, 0.25) is 5.02 Å². The van der Waals surface area contributed by atoms with E-state index < -0.39 is 0 Å². The van der Waals surface area contributed by atoms with Crippen molar-refractivity contribution in [3.8, 4) is 5.75 Å². The van der Waals surface area contributed by atoms with Gasteiger partial charge in [0.2, 0.25) is 0 Å². The SMILES string of the molecule is C=C1C(=C)C(N[C@H](C)C2CCC(C)O2)=C1Nc1ccc(Cl)c(SC)c1O.CCC. The zero-order valence-corrected chi connectivity index (χ0v) is 19.6. The molecule has 2 unspecified atom stereocenters. The molecule has 0 saturated carbocycles. The maximum Gasteiger partial charge on any atom is 0.154 e. The first-order valence-corrected chi connectivity index (χ1v) is 11.7. The van der Waals surface area contributed by atoms with Gasteiger partial charge in [0.05, 0.1) is 39.2 Å². The van der Waals surface area contributed by atoms with Gasteiger partial charge in [0.15, 0.2) is 5.75 Å². The summed E-state index contributed by atoms with van der Waals surface area (Å²) in [5.41, 5.74) is 4.08. The number of thioether (sulfide) groups is 1. The molecule has 29 heavy (non-hydrogen) atoms. The highest BCUT2D eigenvalue weighted by atomic mass is 35.5. The third-order valence-corrected chi connectivity index (χ3v) is 6.21. The van der Waals surface area contributed by atoms with E-state index in [1.54, 1.807) is 12.1 Å². The summed E-state index contributed by atoms with van der Waals surface area (Å²) in [6.45, 7) is 16.6. The van der Waals surface area contributed by atoms with Crippen LogP contribution in [-0.4, -0.2) is 29.6 Å². The third kappa shape index (κ3) is 5.33. The molecular weight excluding hydrogens is 404 g/mol. The fourth-order valence-corrected chi connectivity index (χ4v) is 4.29. The van der Waals surface area contributed by atoms with Gasteiger partial charge in [0, 0.05) is 17.2 Å². The summed E-state index contributed by atoms with van der Waals surface area (Å²) in [6.07, 6.45) is 5.77. The Morgan fingerprint density at radius 3 is 2.41 bits per heavy atom. The minimum absolute atomic E-state index is 0.142. The number of phenolic OH excluding ortho intramolecular Hbond substituents is 1. The topological polar surface area (TPSA) is 53.5 Å². The largest absolute Gasteiger partial charge is 0.505 e. The Bertz CT molecular complexity index is 806. The Kier molecular flexibility index (Phi) is 8.56. The van der Waals surface area contributed by atoms with Gasteiger partial charge < -0.3 is 20.5 Å². The molecule has 1 heterocycles. The van der Waals surface area contributed by atoms with Crippen LogP contribution in [0.15, 0.2) is 52.7 Å². The van der Waals surface area contributed by atoms with Gasteiger partial charge in [-0.1, -0.05) is 45.0 Å². The lowest BCUT2D eigenvalue weighted by atomic mass is 9.88. The summed E-state index contributed by atoms with van der Waals surface area (Å²) in [5, 5.41) is 17.8. The summed E-state index contributed by atoms with van der Waals surface area (Å²) in [7, 11) is 0. The number of aromatic hydroxyl groups is 1. The van der Waals surface area contributed by atoms with E-state index >= 15 is 0 Å². The van der Waals surface area contributed by atoms with E-state index in [9.17, 15) is 5.11 Å². The van der Waals surface area contributed by atoms with E-state index in [0.29, 0.717) is 21.7 Å². The van der Waals surface area contributed by atoms with E-state index in [-0.39, 0.29) is 17.9 Å². The number of halogens is 1. The summed E-state index contributed by atoms with van der Waals surface area (Å²) in [6, 6.07) is 3.70. The van der Waals surface area contributed by atoms with Crippen LogP contribution in [0.25, 0.3) is 0 Å². The number of hydrogen-bond acceptors (Lipinski definition) is 5. The Morgan fingerprint density at radius 1 is 1.24 bits per heavy atom. The maximum atomic E-state index is 10.5. The van der Waals surface area contributed by atoms with Gasteiger partial charge in [-0.15, -0.1) is 11.8 Å². The Balaban J connectivity index is 0.000000941. The molecule has 3 rings (SSSR count). The molecule has 1 aromatic carbocycles. The zero-order chi connectivity index (χ0) is 21.7. The van der Waals surface area contributed by atoms with Crippen LogP contribution in [0.4, 0.5) is 5.69 Å². The zero-order valence-electron chi connectivity index (χ0n) is 18.1. The third-order valence-electron chi connectivity index (χ3n) is 4.96. The van der Waals surface area contributed by atoms with Crippen LogP contribution < -0.4 is 10.6 Å². The molecule has 2 aliphatic rings. The number of hydrogen-bond donors (Lipinski definition) is 3. The van der Waals surface area contributed by atoms with Crippen molar-refractivity contribution in [2.75, 3.05) is 11.6 Å². The second-order valence-corrected chi connectivity index (χ2v) is 8.74. The number of nitrogens with one attached hydrogen (secondary N) is 2. The summed E-state index contributed by atoms with van der Waals surface area (Å²) in [5.74, 6) is 0.142. The first-order valence-electron chi connectivity index (χ1n) is 10.1. The molecule has 1 fully saturated rings. The maximum absolute atomic E-state index is 10.5. The Labute approximate surface area is 184 Å². The average Bonchev–Trinajstić information content (AvgIpc) is 3.13. The molecular formula is C23H33ClN2O2S. The normalized spacial score (nSPS) is 22.0. The minimum Gasteiger partial charge on any atom is -0.505 e. The molecule has 0 aromatic heterocycles. The van der Waals surface area contributed by atoms with Crippen molar-refractivity contribution in [2.24, 2.45) is 0 Å². The van der Waals surface area contributed by atoms with E-state index in [1.165, 1.54) is 18.2 Å². The smallest absolute Gasteiger partial charge is 0.154 e. The van der Waals surface area contributed by atoms with Crippen LogP contribution in [0, 0.1) is 0 Å². The Morgan fingerprint density at radius 2 is 1.86 bits per heavy atom. The molecule has 6 heteroatoms. The van der Waals surface area contributed by atoms with Crippen molar-refractivity contribution in [3.63, 3.8) is 0 Å². The van der Waals surface area contributed by atoms with Crippen molar-refractivity contribution < 1.29 is 9.84 Å². The predicted molar refractivity (Wildman–Crippen MR) is 126 cm³/mol. The van der Waals surface area contributed by atoms with Crippen LogP contribution >= 0.6 is 23.4 Å². The second kappa shape index (κ2) is 10.5. The summed E-state index contributed by atoms with van der Waals surface area (Å²) in [4.78, 5) is 0.650. The van der Waals surface area contributed by atoms with Gasteiger partial charge >= 0.3 is 0 Å². The molecule has 0 amide bonds. The lowest BCUT2D eigenvalue weighted by Gasteiger charge is -2.34. The van der Waals surface area contributed by atoms with Gasteiger partial charge in [-0.2, -0.15) is 0 Å². The number of anilines is 1. The van der Waals surface area contributed by atoms with Crippen LogP contribution in [0.5, 0.6) is 5.75 Å². The molecule has 1 aliphatic heterocycles. The van der Waals surface area contributed by atoms with Crippen molar-refractivity contribution in [1.29, 1.82) is 0 Å². The number of rotatable bonds is 6. The van der Waals surface area contributed by atoms with Gasteiger partial charge in [0.25, 0.3) is 0 Å². The molecule has 160 valence electrons. The van der Waals surface area contributed by atoms with E-state index in [0.717, 1.165) is 35.4 Å².